The van der Waals surface area contributed by atoms with E-state index >= 15 is 0 Å². The predicted molar refractivity (Wildman–Crippen MR) is 101 cm³/mol. The minimum Gasteiger partial charge on any atom is -0.506 e. The molecule has 132 valence electrons. The molecule has 0 aliphatic carbocycles. The zero-order valence-electron chi connectivity index (χ0n) is 14.6. The third kappa shape index (κ3) is 2.94. The molecule has 1 unspecified atom stereocenters. The van der Waals surface area contributed by atoms with Gasteiger partial charge in [-0.25, -0.2) is 4.98 Å². The fraction of sp³-hybridized carbons (Fsp3) is 0.200. The van der Waals surface area contributed by atoms with E-state index in [2.05, 4.69) is 9.98 Å². The van der Waals surface area contributed by atoms with E-state index in [1.54, 1.807) is 29.3 Å². The number of aromatic nitrogens is 1. The third-order valence-corrected chi connectivity index (χ3v) is 4.52. The summed E-state index contributed by atoms with van der Waals surface area (Å²) in [6, 6.07) is 11.2. The number of hydrogen-bond donors (Lipinski definition) is 1. The van der Waals surface area contributed by atoms with Crippen molar-refractivity contribution in [1.29, 1.82) is 0 Å². The van der Waals surface area contributed by atoms with E-state index in [1.165, 1.54) is 0 Å². The highest BCUT2D eigenvalue weighted by Crippen LogP contribution is 2.26. The molecule has 1 aromatic carbocycles. The van der Waals surface area contributed by atoms with Gasteiger partial charge in [0, 0.05) is 25.9 Å². The summed E-state index contributed by atoms with van der Waals surface area (Å²) in [5.74, 6) is 0.339. The average Bonchev–Trinajstić information content (AvgIpc) is 3.05. The molecule has 6 heteroatoms. The monoisotopic (exact) mass is 350 g/mol. The number of aliphatic hydroxyl groups excluding tert-OH is 1. The first-order valence-corrected chi connectivity index (χ1v) is 8.37. The van der Waals surface area contributed by atoms with Crippen LogP contribution >= 0.6 is 0 Å². The average molecular weight is 350 g/mol. The molecule has 0 bridgehead atoms. The summed E-state index contributed by atoms with van der Waals surface area (Å²) in [5, 5.41) is 9.59. The lowest BCUT2D eigenvalue weighted by molar-refractivity contribution is 0.343. The summed E-state index contributed by atoms with van der Waals surface area (Å²) < 4.78 is 14.3. The van der Waals surface area contributed by atoms with Crippen LogP contribution in [-0.2, 0) is 0 Å². The van der Waals surface area contributed by atoms with E-state index < -0.39 is 5.95 Å². The molecule has 5 nitrogen and oxygen atoms in total. The summed E-state index contributed by atoms with van der Waals surface area (Å²) in [6.45, 7) is 0.631. The number of halogens is 1. The number of nitrogens with zero attached hydrogens (tertiary/aromatic N) is 4. The lowest BCUT2D eigenvalue weighted by Crippen LogP contribution is -2.26. The quantitative estimate of drug-likeness (QED) is 0.863. The summed E-state index contributed by atoms with van der Waals surface area (Å²) in [7, 11) is 3.66. The summed E-state index contributed by atoms with van der Waals surface area (Å²) >= 11 is 0. The van der Waals surface area contributed by atoms with Crippen molar-refractivity contribution in [2.75, 3.05) is 25.5 Å². The number of allylic oxidation sites excluding steroid dienone is 1. The lowest BCUT2D eigenvalue weighted by Gasteiger charge is -2.21. The molecule has 1 atom stereocenters. The number of aliphatic imine (C=N–C) groups is 1. The van der Waals surface area contributed by atoms with Gasteiger partial charge in [-0.3, -0.25) is 4.99 Å². The van der Waals surface area contributed by atoms with Gasteiger partial charge in [0.25, 0.3) is 0 Å². The van der Waals surface area contributed by atoms with Crippen LogP contribution in [0.3, 0.4) is 0 Å². The lowest BCUT2D eigenvalue weighted by atomic mass is 10.0. The van der Waals surface area contributed by atoms with E-state index in [4.69, 9.17) is 0 Å². The molecule has 0 saturated heterocycles. The Labute approximate surface area is 151 Å². The number of hydrogen-bond acceptors (Lipinski definition) is 5. The Hall–Kier alpha value is -3.15. The van der Waals surface area contributed by atoms with E-state index in [1.807, 2.05) is 49.3 Å². The topological polar surface area (TPSA) is 52.0 Å². The zero-order valence-corrected chi connectivity index (χ0v) is 14.6. The van der Waals surface area contributed by atoms with Crippen molar-refractivity contribution in [1.82, 2.24) is 9.88 Å². The van der Waals surface area contributed by atoms with E-state index in [0.717, 1.165) is 16.8 Å². The number of anilines is 1. The van der Waals surface area contributed by atoms with Crippen LogP contribution in [0.1, 0.15) is 5.56 Å². The van der Waals surface area contributed by atoms with Gasteiger partial charge in [0.1, 0.15) is 17.7 Å². The molecule has 0 amide bonds. The van der Waals surface area contributed by atoms with Gasteiger partial charge in [-0.2, -0.15) is 4.39 Å². The summed E-state index contributed by atoms with van der Waals surface area (Å²) in [5.41, 5.74) is 3.18. The fourth-order valence-corrected chi connectivity index (χ4v) is 3.11. The van der Waals surface area contributed by atoms with Crippen LogP contribution in [0.2, 0.25) is 0 Å². The first-order chi connectivity index (χ1) is 12.5. The Morgan fingerprint density at radius 3 is 2.54 bits per heavy atom. The van der Waals surface area contributed by atoms with Gasteiger partial charge in [0.05, 0.1) is 12.3 Å². The maximum atomic E-state index is 14.3. The van der Waals surface area contributed by atoms with Crippen molar-refractivity contribution in [3.05, 3.63) is 72.0 Å². The zero-order chi connectivity index (χ0) is 18.3. The second kappa shape index (κ2) is 6.29. The highest BCUT2D eigenvalue weighted by Gasteiger charge is 2.25. The molecule has 0 fully saturated rings. The standard InChI is InChI=1S/C20H19FN4O/c1-24(2)18-10-8-16(20(21)23-18)13-3-5-14(6-4-13)17-12-25-11-15(26)7-9-19(25)22-17/h3-11,19,26H,12H2,1-2H3. The molecule has 0 saturated carbocycles. The molecular weight excluding hydrogens is 331 g/mol. The Kier molecular flexibility index (Phi) is 3.95. The third-order valence-electron chi connectivity index (χ3n) is 4.52. The van der Waals surface area contributed by atoms with Crippen LogP contribution in [0.15, 0.2) is 65.5 Å². The number of benzene rings is 1. The molecule has 0 spiro atoms. The molecule has 3 heterocycles. The molecule has 4 rings (SSSR count). The van der Waals surface area contributed by atoms with Crippen molar-refractivity contribution in [3.63, 3.8) is 0 Å². The normalized spacial score (nSPS) is 18.4. The maximum absolute atomic E-state index is 14.3. The first kappa shape index (κ1) is 16.3. The Morgan fingerprint density at radius 2 is 1.85 bits per heavy atom. The van der Waals surface area contributed by atoms with Gasteiger partial charge in [0.15, 0.2) is 0 Å². The highest BCUT2D eigenvalue weighted by molar-refractivity contribution is 6.03. The molecule has 2 aliphatic rings. The molecule has 1 N–H and O–H groups in total. The maximum Gasteiger partial charge on any atom is 0.222 e. The van der Waals surface area contributed by atoms with Crippen LogP contribution in [0.25, 0.3) is 11.1 Å². The number of pyridine rings is 1. The van der Waals surface area contributed by atoms with Crippen molar-refractivity contribution in [2.45, 2.75) is 6.17 Å². The van der Waals surface area contributed by atoms with E-state index in [9.17, 15) is 9.50 Å². The van der Waals surface area contributed by atoms with Crippen LogP contribution in [-0.4, -0.2) is 47.5 Å². The minimum absolute atomic E-state index is 0.0687. The van der Waals surface area contributed by atoms with Gasteiger partial charge in [-0.1, -0.05) is 24.3 Å². The van der Waals surface area contributed by atoms with E-state index in [0.29, 0.717) is 17.9 Å². The summed E-state index contributed by atoms with van der Waals surface area (Å²) in [4.78, 5) is 12.4. The number of fused-ring (bicyclic) bond motifs is 1. The Morgan fingerprint density at radius 1 is 1.12 bits per heavy atom. The van der Waals surface area contributed by atoms with Crippen LogP contribution in [0, 0.1) is 5.95 Å². The van der Waals surface area contributed by atoms with Crippen molar-refractivity contribution < 1.29 is 9.50 Å². The van der Waals surface area contributed by atoms with Gasteiger partial charge < -0.3 is 14.9 Å². The summed E-state index contributed by atoms with van der Waals surface area (Å²) in [6.07, 6.45) is 5.15. The van der Waals surface area contributed by atoms with Gasteiger partial charge in [-0.05, 0) is 35.4 Å². The van der Waals surface area contributed by atoms with Crippen LogP contribution in [0.5, 0.6) is 0 Å². The highest BCUT2D eigenvalue weighted by atomic mass is 19.1. The largest absolute Gasteiger partial charge is 0.506 e. The minimum atomic E-state index is -0.481. The van der Waals surface area contributed by atoms with Crippen molar-refractivity contribution in [3.8, 4) is 11.1 Å². The Bertz CT molecular complexity index is 931. The number of rotatable bonds is 3. The second-order valence-electron chi connectivity index (χ2n) is 6.55. The first-order valence-electron chi connectivity index (χ1n) is 8.37. The van der Waals surface area contributed by atoms with Gasteiger partial charge >= 0.3 is 0 Å². The van der Waals surface area contributed by atoms with Gasteiger partial charge in [0.2, 0.25) is 5.95 Å². The van der Waals surface area contributed by atoms with Crippen LogP contribution < -0.4 is 4.90 Å². The van der Waals surface area contributed by atoms with E-state index in [-0.39, 0.29) is 11.9 Å². The molecule has 2 aliphatic heterocycles. The van der Waals surface area contributed by atoms with Crippen LogP contribution in [0.4, 0.5) is 10.2 Å². The fourth-order valence-electron chi connectivity index (χ4n) is 3.11. The van der Waals surface area contributed by atoms with Crippen molar-refractivity contribution in [2.24, 2.45) is 4.99 Å². The predicted octanol–water partition coefficient (Wildman–Crippen LogP) is 3.35. The molecule has 0 radical (unpaired) electrons. The number of aliphatic hydroxyl groups is 1. The molecular formula is C20H19FN4O. The smallest absolute Gasteiger partial charge is 0.222 e. The molecule has 26 heavy (non-hydrogen) atoms. The van der Waals surface area contributed by atoms with Crippen molar-refractivity contribution >= 4 is 11.5 Å². The Balaban J connectivity index is 1.58. The molecule has 1 aromatic heterocycles. The second-order valence-corrected chi connectivity index (χ2v) is 6.55. The van der Waals surface area contributed by atoms with Gasteiger partial charge in [-0.15, -0.1) is 0 Å². The molecule has 2 aromatic rings. The SMILES string of the molecule is CN(C)c1ccc(-c2ccc(C3=NC4C=CC(O)=CN4C3)cc2)c(F)n1.